The molecule has 1 fully saturated rings. The highest BCUT2D eigenvalue weighted by molar-refractivity contribution is 6.09. The molecule has 0 unspecified atom stereocenters. The van der Waals surface area contributed by atoms with Gasteiger partial charge in [0.1, 0.15) is 0 Å². The van der Waals surface area contributed by atoms with Gasteiger partial charge < -0.3 is 9.47 Å². The van der Waals surface area contributed by atoms with Crippen molar-refractivity contribution in [3.05, 3.63) is 78.4 Å². The minimum atomic E-state index is 0.947. The largest absolute Gasteiger partial charge is 0.368 e. The molecule has 0 saturated carbocycles. The van der Waals surface area contributed by atoms with Gasteiger partial charge in [0.2, 0.25) is 0 Å². The number of aryl methyl sites for hydroxylation is 1. The van der Waals surface area contributed by atoms with E-state index in [0.29, 0.717) is 0 Å². The lowest BCUT2D eigenvalue weighted by atomic mass is 10.1. The summed E-state index contributed by atoms with van der Waals surface area (Å²) in [6.07, 6.45) is 2.01. The van der Waals surface area contributed by atoms with Gasteiger partial charge in [0, 0.05) is 47.1 Å². The number of hydrazone groups is 1. The smallest absolute Gasteiger partial charge is 0.0543 e. The summed E-state index contributed by atoms with van der Waals surface area (Å²) in [5.74, 6) is 0. The second-order valence-electron chi connectivity index (χ2n) is 7.56. The zero-order valence-electron chi connectivity index (χ0n) is 16.8. The van der Waals surface area contributed by atoms with E-state index in [0.717, 1.165) is 38.3 Å². The Kier molecular flexibility index (Phi) is 4.68. The number of para-hydroxylation sites is 2. The number of hydrogen-bond donors (Lipinski definition) is 0. The Hall–Kier alpha value is -3.27. The number of aromatic nitrogens is 1. The molecule has 0 radical (unpaired) electrons. The average molecular weight is 383 g/mol. The molecule has 1 saturated heterocycles. The SMILES string of the molecule is CCn1c2ccccc2c2cc(/C=N/N3CCN(c4ccccc4)CC3)ccc21. The van der Waals surface area contributed by atoms with Crippen LogP contribution in [0.3, 0.4) is 0 Å². The molecule has 1 aromatic heterocycles. The molecule has 146 valence electrons. The summed E-state index contributed by atoms with van der Waals surface area (Å²) in [5.41, 5.74) is 5.05. The number of rotatable bonds is 4. The molecular formula is C25H26N4. The second kappa shape index (κ2) is 7.63. The Labute approximate surface area is 171 Å². The quantitative estimate of drug-likeness (QED) is 0.465. The Bertz CT molecular complexity index is 1150. The van der Waals surface area contributed by atoms with Gasteiger partial charge >= 0.3 is 0 Å². The molecule has 0 spiro atoms. The van der Waals surface area contributed by atoms with E-state index in [-0.39, 0.29) is 0 Å². The van der Waals surface area contributed by atoms with Gasteiger partial charge in [-0.25, -0.2) is 0 Å². The van der Waals surface area contributed by atoms with Gasteiger partial charge in [-0.2, -0.15) is 5.10 Å². The third kappa shape index (κ3) is 3.35. The summed E-state index contributed by atoms with van der Waals surface area (Å²) in [7, 11) is 0. The molecular weight excluding hydrogens is 356 g/mol. The fourth-order valence-electron chi connectivity index (χ4n) is 4.35. The first-order valence-electron chi connectivity index (χ1n) is 10.4. The lowest BCUT2D eigenvalue weighted by Crippen LogP contribution is -2.44. The maximum atomic E-state index is 4.77. The van der Waals surface area contributed by atoms with Crippen molar-refractivity contribution in [1.29, 1.82) is 0 Å². The van der Waals surface area contributed by atoms with E-state index in [1.54, 1.807) is 0 Å². The zero-order chi connectivity index (χ0) is 19.6. The van der Waals surface area contributed by atoms with Crippen molar-refractivity contribution in [1.82, 2.24) is 9.58 Å². The van der Waals surface area contributed by atoms with Gasteiger partial charge in [-0.3, -0.25) is 5.01 Å². The molecule has 0 N–H and O–H groups in total. The van der Waals surface area contributed by atoms with Gasteiger partial charge in [-0.1, -0.05) is 42.5 Å². The Morgan fingerprint density at radius 3 is 2.31 bits per heavy atom. The van der Waals surface area contributed by atoms with Crippen LogP contribution in [-0.2, 0) is 6.54 Å². The predicted octanol–water partition coefficient (Wildman–Crippen LogP) is 4.97. The van der Waals surface area contributed by atoms with Crippen molar-refractivity contribution in [2.75, 3.05) is 31.1 Å². The topological polar surface area (TPSA) is 23.8 Å². The molecule has 4 aromatic rings. The maximum Gasteiger partial charge on any atom is 0.0543 e. The highest BCUT2D eigenvalue weighted by Gasteiger charge is 2.15. The van der Waals surface area contributed by atoms with Crippen LogP contribution in [0.5, 0.6) is 0 Å². The highest BCUT2D eigenvalue weighted by Crippen LogP contribution is 2.29. The van der Waals surface area contributed by atoms with E-state index in [4.69, 9.17) is 5.10 Å². The van der Waals surface area contributed by atoms with E-state index >= 15 is 0 Å². The van der Waals surface area contributed by atoms with E-state index in [9.17, 15) is 0 Å². The van der Waals surface area contributed by atoms with Gasteiger partial charge in [0.05, 0.1) is 19.3 Å². The Morgan fingerprint density at radius 1 is 0.793 bits per heavy atom. The molecule has 29 heavy (non-hydrogen) atoms. The molecule has 5 rings (SSSR count). The normalized spacial score (nSPS) is 15.1. The van der Waals surface area contributed by atoms with Crippen LogP contribution in [0.25, 0.3) is 21.8 Å². The Morgan fingerprint density at radius 2 is 1.52 bits per heavy atom. The summed E-state index contributed by atoms with van der Waals surface area (Å²) >= 11 is 0. The first-order chi connectivity index (χ1) is 14.3. The minimum Gasteiger partial charge on any atom is -0.368 e. The highest BCUT2D eigenvalue weighted by atomic mass is 15.5. The molecule has 0 atom stereocenters. The van der Waals surface area contributed by atoms with Crippen molar-refractivity contribution < 1.29 is 0 Å². The molecule has 1 aliphatic rings. The van der Waals surface area contributed by atoms with Gasteiger partial charge in [0.25, 0.3) is 0 Å². The van der Waals surface area contributed by atoms with Crippen LogP contribution in [0.15, 0.2) is 77.9 Å². The van der Waals surface area contributed by atoms with Crippen molar-refractivity contribution >= 4 is 33.7 Å². The zero-order valence-corrected chi connectivity index (χ0v) is 16.8. The fraction of sp³-hybridized carbons (Fsp3) is 0.240. The first kappa shape index (κ1) is 17.8. The van der Waals surface area contributed by atoms with Crippen LogP contribution < -0.4 is 4.90 Å². The summed E-state index contributed by atoms with van der Waals surface area (Å²) in [6.45, 7) is 7.08. The molecule has 4 heteroatoms. The number of benzene rings is 3. The second-order valence-corrected chi connectivity index (χ2v) is 7.56. The van der Waals surface area contributed by atoms with Crippen LogP contribution in [0.4, 0.5) is 5.69 Å². The predicted molar refractivity (Wildman–Crippen MR) is 123 cm³/mol. The van der Waals surface area contributed by atoms with E-state index < -0.39 is 0 Å². The number of anilines is 1. The summed E-state index contributed by atoms with van der Waals surface area (Å²) < 4.78 is 2.38. The number of fused-ring (bicyclic) bond motifs is 3. The number of piperazine rings is 1. The first-order valence-corrected chi connectivity index (χ1v) is 10.4. The maximum absolute atomic E-state index is 4.77. The van der Waals surface area contributed by atoms with Crippen LogP contribution >= 0.6 is 0 Å². The van der Waals surface area contributed by atoms with Crippen molar-refractivity contribution in [3.8, 4) is 0 Å². The third-order valence-corrected chi connectivity index (χ3v) is 5.86. The van der Waals surface area contributed by atoms with Crippen LogP contribution in [0.2, 0.25) is 0 Å². The Balaban J connectivity index is 1.34. The van der Waals surface area contributed by atoms with Gasteiger partial charge in [-0.05, 0) is 42.8 Å². The summed E-state index contributed by atoms with van der Waals surface area (Å²) in [5, 5.41) is 9.57. The molecule has 4 nitrogen and oxygen atoms in total. The van der Waals surface area contributed by atoms with Crippen LogP contribution in [0, 0.1) is 0 Å². The van der Waals surface area contributed by atoms with Crippen molar-refractivity contribution in [3.63, 3.8) is 0 Å². The summed E-state index contributed by atoms with van der Waals surface area (Å²) in [4.78, 5) is 2.43. The molecule has 0 bridgehead atoms. The van der Waals surface area contributed by atoms with Crippen molar-refractivity contribution in [2.45, 2.75) is 13.5 Å². The fourth-order valence-corrected chi connectivity index (χ4v) is 4.35. The third-order valence-electron chi connectivity index (χ3n) is 5.86. The number of nitrogens with zero attached hydrogens (tertiary/aromatic N) is 4. The summed E-state index contributed by atoms with van der Waals surface area (Å²) in [6, 6.07) is 26.0. The van der Waals surface area contributed by atoms with Crippen LogP contribution in [0.1, 0.15) is 12.5 Å². The monoisotopic (exact) mass is 382 g/mol. The van der Waals surface area contributed by atoms with Gasteiger partial charge in [-0.15, -0.1) is 0 Å². The molecule has 3 aromatic carbocycles. The molecule has 1 aliphatic heterocycles. The van der Waals surface area contributed by atoms with E-state index in [1.807, 2.05) is 6.21 Å². The van der Waals surface area contributed by atoms with Crippen molar-refractivity contribution in [2.24, 2.45) is 5.10 Å². The number of hydrogen-bond acceptors (Lipinski definition) is 3. The standard InChI is InChI=1S/C25H26N4/c1-2-29-24-11-7-6-10-22(24)23-18-20(12-13-25(23)29)19-26-28-16-14-27(15-17-28)21-8-4-3-5-9-21/h3-13,18-19H,2,14-17H2,1H3/b26-19+. The van der Waals surface area contributed by atoms with Gasteiger partial charge in [0.15, 0.2) is 0 Å². The average Bonchev–Trinajstić information content (AvgIpc) is 3.11. The van der Waals surface area contributed by atoms with E-state index in [1.165, 1.54) is 27.5 Å². The van der Waals surface area contributed by atoms with E-state index in [2.05, 4.69) is 94.2 Å². The lowest BCUT2D eigenvalue weighted by molar-refractivity contribution is 0.272. The molecule has 0 amide bonds. The lowest BCUT2D eigenvalue weighted by Gasteiger charge is -2.34. The molecule has 2 heterocycles. The molecule has 0 aliphatic carbocycles. The minimum absolute atomic E-state index is 0.947. The van der Waals surface area contributed by atoms with Crippen LogP contribution in [-0.4, -0.2) is 42.0 Å².